The number of piperidine rings is 1. The second-order valence-corrected chi connectivity index (χ2v) is 7.04. The fourth-order valence-electron chi connectivity index (χ4n) is 2.54. The number of nitrogens with one attached hydrogen (secondary N) is 1. The number of sulfone groups is 1. The van der Waals surface area contributed by atoms with E-state index in [1.54, 1.807) is 18.2 Å². The average molecular weight is 283 g/mol. The minimum atomic E-state index is -3.26. The van der Waals surface area contributed by atoms with Crippen molar-refractivity contribution in [1.82, 2.24) is 5.32 Å². The summed E-state index contributed by atoms with van der Waals surface area (Å²) in [5.41, 5.74) is 0. The zero-order chi connectivity index (χ0) is 13.3. The predicted molar refractivity (Wildman–Crippen MR) is 70.2 cm³/mol. The van der Waals surface area contributed by atoms with Gasteiger partial charge < -0.3 is 14.8 Å². The lowest BCUT2D eigenvalue weighted by Crippen LogP contribution is -2.33. The molecule has 104 valence electrons. The van der Waals surface area contributed by atoms with E-state index in [-0.39, 0.29) is 18.5 Å². The fraction of sp³-hybridized carbons (Fsp3) is 0.538. The van der Waals surface area contributed by atoms with E-state index in [4.69, 9.17) is 9.47 Å². The SMILES string of the molecule is O=S(=O)(CC1CCCNC1)c1ccc2c(c1)OCO2. The zero-order valence-corrected chi connectivity index (χ0v) is 11.4. The first-order chi connectivity index (χ1) is 9.15. The number of hydrogen-bond donors (Lipinski definition) is 1. The molecule has 0 amide bonds. The molecule has 0 aliphatic carbocycles. The standard InChI is InChI=1S/C13H17NO4S/c15-19(16,8-10-2-1-5-14-7-10)11-3-4-12-13(6-11)18-9-17-12/h3-4,6,10,14H,1-2,5,7-9H2. The third-order valence-electron chi connectivity index (χ3n) is 3.56. The van der Waals surface area contributed by atoms with Gasteiger partial charge in [-0.25, -0.2) is 8.42 Å². The second kappa shape index (κ2) is 5.02. The normalized spacial score (nSPS) is 22.4. The molecule has 6 heteroatoms. The van der Waals surface area contributed by atoms with E-state index in [0.717, 1.165) is 25.9 Å². The van der Waals surface area contributed by atoms with Crippen LogP contribution in [0.25, 0.3) is 0 Å². The lowest BCUT2D eigenvalue weighted by Gasteiger charge is -2.22. The third kappa shape index (κ3) is 2.69. The van der Waals surface area contributed by atoms with Gasteiger partial charge >= 0.3 is 0 Å². The average Bonchev–Trinajstić information content (AvgIpc) is 2.86. The van der Waals surface area contributed by atoms with E-state index in [0.29, 0.717) is 16.4 Å². The van der Waals surface area contributed by atoms with E-state index >= 15 is 0 Å². The van der Waals surface area contributed by atoms with Gasteiger partial charge in [0.2, 0.25) is 6.79 Å². The molecule has 1 fully saturated rings. The molecule has 0 aromatic heterocycles. The molecule has 1 N–H and O–H groups in total. The van der Waals surface area contributed by atoms with Crippen LogP contribution in [0.3, 0.4) is 0 Å². The first kappa shape index (κ1) is 12.7. The molecule has 0 spiro atoms. The van der Waals surface area contributed by atoms with Gasteiger partial charge in [0.15, 0.2) is 21.3 Å². The molecule has 0 radical (unpaired) electrons. The summed E-state index contributed by atoms with van der Waals surface area (Å²) < 4.78 is 35.2. The maximum Gasteiger partial charge on any atom is 0.231 e. The lowest BCUT2D eigenvalue weighted by molar-refractivity contribution is 0.174. The quantitative estimate of drug-likeness (QED) is 0.902. The van der Waals surface area contributed by atoms with Crippen molar-refractivity contribution in [2.75, 3.05) is 25.6 Å². The Hall–Kier alpha value is -1.27. The first-order valence-electron chi connectivity index (χ1n) is 6.48. The van der Waals surface area contributed by atoms with Crippen molar-refractivity contribution in [3.05, 3.63) is 18.2 Å². The molecule has 0 saturated carbocycles. The highest BCUT2D eigenvalue weighted by molar-refractivity contribution is 7.91. The Balaban J connectivity index is 1.79. The molecule has 0 bridgehead atoms. The summed E-state index contributed by atoms with van der Waals surface area (Å²) in [7, 11) is -3.26. The monoisotopic (exact) mass is 283 g/mol. The highest BCUT2D eigenvalue weighted by Gasteiger charge is 2.25. The second-order valence-electron chi connectivity index (χ2n) is 5.01. The van der Waals surface area contributed by atoms with E-state index in [1.165, 1.54) is 0 Å². The van der Waals surface area contributed by atoms with Crippen LogP contribution in [0.1, 0.15) is 12.8 Å². The maximum absolute atomic E-state index is 12.4. The molecule has 1 atom stereocenters. The highest BCUT2D eigenvalue weighted by atomic mass is 32.2. The Morgan fingerprint density at radius 3 is 2.89 bits per heavy atom. The van der Waals surface area contributed by atoms with E-state index < -0.39 is 9.84 Å². The van der Waals surface area contributed by atoms with E-state index in [1.807, 2.05) is 0 Å². The van der Waals surface area contributed by atoms with Gasteiger partial charge in [-0.05, 0) is 44.0 Å². The summed E-state index contributed by atoms with van der Waals surface area (Å²) in [6, 6.07) is 4.82. The summed E-state index contributed by atoms with van der Waals surface area (Å²) in [5.74, 6) is 1.52. The van der Waals surface area contributed by atoms with Crippen LogP contribution in [0, 0.1) is 5.92 Å². The number of ether oxygens (including phenoxy) is 2. The fourth-order valence-corrected chi connectivity index (χ4v) is 4.20. The minimum Gasteiger partial charge on any atom is -0.454 e. The molecule has 19 heavy (non-hydrogen) atoms. The highest BCUT2D eigenvalue weighted by Crippen LogP contribution is 2.34. The summed E-state index contributed by atoms with van der Waals surface area (Å²) in [4.78, 5) is 0.322. The van der Waals surface area contributed by atoms with E-state index in [2.05, 4.69) is 5.32 Å². The zero-order valence-electron chi connectivity index (χ0n) is 10.6. The van der Waals surface area contributed by atoms with Crippen LogP contribution in [0.15, 0.2) is 23.1 Å². The molecule has 1 aromatic rings. The van der Waals surface area contributed by atoms with Gasteiger partial charge in [-0.15, -0.1) is 0 Å². The van der Waals surface area contributed by atoms with Gasteiger partial charge in [-0.1, -0.05) is 0 Å². The smallest absolute Gasteiger partial charge is 0.231 e. The third-order valence-corrected chi connectivity index (χ3v) is 5.44. The largest absolute Gasteiger partial charge is 0.454 e. The summed E-state index contributed by atoms with van der Waals surface area (Å²) >= 11 is 0. The van der Waals surface area contributed by atoms with Gasteiger partial charge in [-0.3, -0.25) is 0 Å². The molecule has 2 heterocycles. The van der Waals surface area contributed by atoms with Gasteiger partial charge in [0.1, 0.15) is 0 Å². The minimum absolute atomic E-state index is 0.158. The van der Waals surface area contributed by atoms with Crippen LogP contribution in [-0.4, -0.2) is 34.1 Å². The van der Waals surface area contributed by atoms with Crippen molar-refractivity contribution in [3.63, 3.8) is 0 Å². The van der Waals surface area contributed by atoms with Crippen LogP contribution >= 0.6 is 0 Å². The number of benzene rings is 1. The molecule has 3 rings (SSSR count). The molecule has 1 saturated heterocycles. The molecule has 2 aliphatic rings. The van der Waals surface area contributed by atoms with Crippen molar-refractivity contribution < 1.29 is 17.9 Å². The van der Waals surface area contributed by atoms with Crippen molar-refractivity contribution in [1.29, 1.82) is 0 Å². The van der Waals surface area contributed by atoms with Crippen molar-refractivity contribution in [2.45, 2.75) is 17.7 Å². The van der Waals surface area contributed by atoms with Crippen LogP contribution in [-0.2, 0) is 9.84 Å². The Bertz CT molecular complexity index is 564. The molecule has 1 aromatic carbocycles. The topological polar surface area (TPSA) is 64.6 Å². The van der Waals surface area contributed by atoms with Gasteiger partial charge in [0.25, 0.3) is 0 Å². The van der Waals surface area contributed by atoms with Gasteiger partial charge in [0, 0.05) is 6.07 Å². The van der Waals surface area contributed by atoms with Crippen LogP contribution < -0.4 is 14.8 Å². The molecular formula is C13H17NO4S. The van der Waals surface area contributed by atoms with Crippen molar-refractivity contribution in [3.8, 4) is 11.5 Å². The Morgan fingerprint density at radius 2 is 2.11 bits per heavy atom. The summed E-state index contributed by atoms with van der Waals surface area (Å²) in [5, 5.41) is 3.24. The van der Waals surface area contributed by atoms with Crippen molar-refractivity contribution >= 4 is 9.84 Å². The van der Waals surface area contributed by atoms with Crippen LogP contribution in [0.4, 0.5) is 0 Å². The maximum atomic E-state index is 12.4. The van der Waals surface area contributed by atoms with E-state index in [9.17, 15) is 8.42 Å². The summed E-state index contributed by atoms with van der Waals surface area (Å²) in [6.45, 7) is 1.93. The molecule has 1 unspecified atom stereocenters. The number of hydrogen-bond acceptors (Lipinski definition) is 5. The molecule has 5 nitrogen and oxygen atoms in total. The first-order valence-corrected chi connectivity index (χ1v) is 8.13. The van der Waals surface area contributed by atoms with Crippen LogP contribution in [0.2, 0.25) is 0 Å². The number of fused-ring (bicyclic) bond motifs is 1. The van der Waals surface area contributed by atoms with Gasteiger partial charge in [-0.2, -0.15) is 0 Å². The Labute approximate surface area is 112 Å². The summed E-state index contributed by atoms with van der Waals surface area (Å²) in [6.07, 6.45) is 2.01. The van der Waals surface area contributed by atoms with Crippen molar-refractivity contribution in [2.24, 2.45) is 5.92 Å². The van der Waals surface area contributed by atoms with Crippen LogP contribution in [0.5, 0.6) is 11.5 Å². The lowest BCUT2D eigenvalue weighted by atomic mass is 10.0. The molecular weight excluding hydrogens is 266 g/mol. The predicted octanol–water partition coefficient (Wildman–Crippen LogP) is 1.19. The Morgan fingerprint density at radius 1 is 1.26 bits per heavy atom. The van der Waals surface area contributed by atoms with Gasteiger partial charge in [0.05, 0.1) is 10.6 Å². The number of rotatable bonds is 3. The molecule has 2 aliphatic heterocycles. The Kier molecular flexibility index (Phi) is 3.36.